The van der Waals surface area contributed by atoms with Gasteiger partial charge in [0.05, 0.1) is 24.0 Å². The van der Waals surface area contributed by atoms with Gasteiger partial charge in [-0.2, -0.15) is 10.2 Å². The molecule has 0 N–H and O–H groups in total. The van der Waals surface area contributed by atoms with Crippen LogP contribution in [0.1, 0.15) is 23.1 Å². The number of rotatable bonds is 2. The van der Waals surface area contributed by atoms with E-state index in [-0.39, 0.29) is 5.91 Å². The average Bonchev–Trinajstić information content (AvgIpc) is 2.94. The van der Waals surface area contributed by atoms with Gasteiger partial charge in [0.15, 0.2) is 0 Å². The minimum Gasteiger partial charge on any atom is -0.275 e. The quantitative estimate of drug-likeness (QED) is 0.838. The molecule has 20 heavy (non-hydrogen) atoms. The predicted octanol–water partition coefficient (Wildman–Crippen LogP) is 2.18. The Labute approximate surface area is 117 Å². The maximum absolute atomic E-state index is 12.2. The molecule has 0 spiro atoms. The van der Waals surface area contributed by atoms with E-state index in [9.17, 15) is 4.79 Å². The molecule has 0 bridgehead atoms. The molecule has 0 saturated heterocycles. The Hall–Kier alpha value is -2.43. The smallest absolute Gasteiger partial charge is 0.253 e. The third-order valence-electron chi connectivity index (χ3n) is 3.26. The number of benzene rings is 1. The summed E-state index contributed by atoms with van der Waals surface area (Å²) < 4.78 is 1.71. The SMILES string of the molecule is Cc1cc(C)cc(N2N=C(c3cnn(C)c3)CC2=O)c1. The fourth-order valence-electron chi connectivity index (χ4n) is 2.43. The van der Waals surface area contributed by atoms with Crippen molar-refractivity contribution in [3.63, 3.8) is 0 Å². The third-order valence-corrected chi connectivity index (χ3v) is 3.26. The van der Waals surface area contributed by atoms with Gasteiger partial charge in [-0.15, -0.1) is 0 Å². The van der Waals surface area contributed by atoms with Crippen LogP contribution in [0.5, 0.6) is 0 Å². The average molecular weight is 268 g/mol. The molecule has 1 aromatic carbocycles. The molecule has 3 rings (SSSR count). The maximum Gasteiger partial charge on any atom is 0.253 e. The van der Waals surface area contributed by atoms with Crippen molar-refractivity contribution in [1.82, 2.24) is 9.78 Å². The molecular formula is C15H16N4O. The summed E-state index contributed by atoms with van der Waals surface area (Å²) in [5.41, 5.74) is 4.73. The van der Waals surface area contributed by atoms with Crippen molar-refractivity contribution >= 4 is 17.3 Å². The second kappa shape index (κ2) is 4.59. The van der Waals surface area contributed by atoms with E-state index in [4.69, 9.17) is 0 Å². The van der Waals surface area contributed by atoms with E-state index in [0.717, 1.165) is 28.1 Å². The molecule has 2 heterocycles. The Morgan fingerprint density at radius 3 is 2.45 bits per heavy atom. The third kappa shape index (κ3) is 2.22. The van der Waals surface area contributed by atoms with Crippen LogP contribution in [0.3, 0.4) is 0 Å². The zero-order valence-corrected chi connectivity index (χ0v) is 11.8. The minimum absolute atomic E-state index is 0.00569. The zero-order chi connectivity index (χ0) is 14.3. The van der Waals surface area contributed by atoms with E-state index in [1.165, 1.54) is 5.01 Å². The van der Waals surface area contributed by atoms with E-state index in [2.05, 4.69) is 16.3 Å². The number of aromatic nitrogens is 2. The number of hydrogen-bond donors (Lipinski definition) is 0. The number of hydrogen-bond acceptors (Lipinski definition) is 3. The molecule has 0 fully saturated rings. The summed E-state index contributed by atoms with van der Waals surface area (Å²) in [5, 5.41) is 10.1. The lowest BCUT2D eigenvalue weighted by Crippen LogP contribution is -2.19. The van der Waals surface area contributed by atoms with Crippen molar-refractivity contribution in [3.05, 3.63) is 47.3 Å². The zero-order valence-electron chi connectivity index (χ0n) is 11.8. The van der Waals surface area contributed by atoms with Gasteiger partial charge in [-0.1, -0.05) is 6.07 Å². The minimum atomic E-state index is -0.00569. The highest BCUT2D eigenvalue weighted by molar-refractivity contribution is 6.19. The van der Waals surface area contributed by atoms with Crippen molar-refractivity contribution in [2.24, 2.45) is 12.1 Å². The van der Waals surface area contributed by atoms with Gasteiger partial charge in [0, 0.05) is 18.8 Å². The van der Waals surface area contributed by atoms with Crippen LogP contribution in [0.2, 0.25) is 0 Å². The number of hydrazone groups is 1. The van der Waals surface area contributed by atoms with Gasteiger partial charge >= 0.3 is 0 Å². The molecule has 0 saturated carbocycles. The van der Waals surface area contributed by atoms with Crippen LogP contribution in [0.15, 0.2) is 35.7 Å². The molecular weight excluding hydrogens is 252 g/mol. The van der Waals surface area contributed by atoms with Gasteiger partial charge < -0.3 is 0 Å². The van der Waals surface area contributed by atoms with Crippen LogP contribution < -0.4 is 5.01 Å². The largest absolute Gasteiger partial charge is 0.275 e. The van der Waals surface area contributed by atoms with Crippen LogP contribution in [-0.4, -0.2) is 21.4 Å². The lowest BCUT2D eigenvalue weighted by Gasteiger charge is -2.13. The lowest BCUT2D eigenvalue weighted by atomic mass is 10.1. The van der Waals surface area contributed by atoms with E-state index in [1.807, 2.05) is 39.2 Å². The molecule has 1 aromatic heterocycles. The number of aryl methyl sites for hydroxylation is 3. The van der Waals surface area contributed by atoms with Crippen LogP contribution in [0.25, 0.3) is 0 Å². The first-order valence-corrected chi connectivity index (χ1v) is 6.51. The number of amides is 1. The molecule has 2 aromatic rings. The number of carbonyl (C=O) groups excluding carboxylic acids is 1. The van der Waals surface area contributed by atoms with E-state index >= 15 is 0 Å². The Balaban J connectivity index is 1.98. The molecule has 5 heteroatoms. The summed E-state index contributed by atoms with van der Waals surface area (Å²) in [6, 6.07) is 6.02. The van der Waals surface area contributed by atoms with Gasteiger partial charge in [0.25, 0.3) is 5.91 Å². The second-order valence-corrected chi connectivity index (χ2v) is 5.18. The topological polar surface area (TPSA) is 50.5 Å². The van der Waals surface area contributed by atoms with Gasteiger partial charge in [-0.25, -0.2) is 5.01 Å². The molecule has 0 unspecified atom stereocenters. The molecule has 102 valence electrons. The van der Waals surface area contributed by atoms with Crippen molar-refractivity contribution in [2.75, 3.05) is 5.01 Å². The predicted molar refractivity (Wildman–Crippen MR) is 77.8 cm³/mol. The van der Waals surface area contributed by atoms with Crippen molar-refractivity contribution in [1.29, 1.82) is 0 Å². The van der Waals surface area contributed by atoms with E-state index in [1.54, 1.807) is 10.9 Å². The monoisotopic (exact) mass is 268 g/mol. The van der Waals surface area contributed by atoms with Gasteiger partial charge in [-0.3, -0.25) is 9.48 Å². The standard InChI is InChI=1S/C15H16N4O/c1-10-4-11(2)6-13(5-10)19-15(20)7-14(17-19)12-8-16-18(3)9-12/h4-6,8-9H,7H2,1-3H3. The van der Waals surface area contributed by atoms with Crippen molar-refractivity contribution in [3.8, 4) is 0 Å². The fraction of sp³-hybridized carbons (Fsp3) is 0.267. The highest BCUT2D eigenvalue weighted by Gasteiger charge is 2.26. The Morgan fingerprint density at radius 1 is 1.15 bits per heavy atom. The summed E-state index contributed by atoms with van der Waals surface area (Å²) in [7, 11) is 1.85. The molecule has 0 aliphatic carbocycles. The number of nitrogens with zero attached hydrogens (tertiary/aromatic N) is 4. The lowest BCUT2D eigenvalue weighted by molar-refractivity contribution is -0.116. The van der Waals surface area contributed by atoms with Gasteiger partial charge in [0.2, 0.25) is 0 Å². The molecule has 1 aliphatic heterocycles. The first-order valence-electron chi connectivity index (χ1n) is 6.51. The van der Waals surface area contributed by atoms with Crippen molar-refractivity contribution in [2.45, 2.75) is 20.3 Å². The molecule has 5 nitrogen and oxygen atoms in total. The molecule has 1 amide bonds. The van der Waals surface area contributed by atoms with Crippen LogP contribution in [0, 0.1) is 13.8 Å². The number of carbonyl (C=O) groups is 1. The molecule has 0 radical (unpaired) electrons. The first kappa shape index (κ1) is 12.6. The van der Waals surface area contributed by atoms with E-state index in [0.29, 0.717) is 6.42 Å². The number of anilines is 1. The van der Waals surface area contributed by atoms with Crippen LogP contribution in [0.4, 0.5) is 5.69 Å². The summed E-state index contributed by atoms with van der Waals surface area (Å²) in [6.45, 7) is 4.03. The molecule has 1 aliphatic rings. The van der Waals surface area contributed by atoms with Crippen molar-refractivity contribution < 1.29 is 4.79 Å². The summed E-state index contributed by atoms with van der Waals surface area (Å²) in [4.78, 5) is 12.2. The highest BCUT2D eigenvalue weighted by Crippen LogP contribution is 2.24. The maximum atomic E-state index is 12.2. The molecule has 0 atom stereocenters. The normalized spacial score (nSPS) is 14.8. The fourth-order valence-corrected chi connectivity index (χ4v) is 2.43. The van der Waals surface area contributed by atoms with Crippen LogP contribution >= 0.6 is 0 Å². The van der Waals surface area contributed by atoms with Gasteiger partial charge in [0.1, 0.15) is 0 Å². The van der Waals surface area contributed by atoms with Crippen LogP contribution in [-0.2, 0) is 11.8 Å². The Morgan fingerprint density at radius 2 is 1.85 bits per heavy atom. The van der Waals surface area contributed by atoms with Gasteiger partial charge in [-0.05, 0) is 37.1 Å². The summed E-state index contributed by atoms with van der Waals surface area (Å²) >= 11 is 0. The van der Waals surface area contributed by atoms with E-state index < -0.39 is 0 Å². The second-order valence-electron chi connectivity index (χ2n) is 5.18. The summed E-state index contributed by atoms with van der Waals surface area (Å²) in [5.74, 6) is -0.00569. The first-order chi connectivity index (χ1) is 9.52. The Bertz CT molecular complexity index is 694. The summed E-state index contributed by atoms with van der Waals surface area (Å²) in [6.07, 6.45) is 3.92. The Kier molecular flexibility index (Phi) is 2.89. The highest BCUT2D eigenvalue weighted by atomic mass is 16.2.